The molecule has 0 fully saturated rings. The van der Waals surface area contributed by atoms with E-state index in [1.165, 1.54) is 0 Å². The van der Waals surface area contributed by atoms with Gasteiger partial charge in [-0.3, -0.25) is 0 Å². The molecule has 264 valence electrons. The van der Waals surface area contributed by atoms with Crippen molar-refractivity contribution in [2.45, 2.75) is 0 Å². The van der Waals surface area contributed by atoms with Crippen LogP contribution in [0.1, 0.15) is 0 Å². The first-order valence-corrected chi connectivity index (χ1v) is 14.4. The summed E-state index contributed by atoms with van der Waals surface area (Å²) in [6.07, 6.45) is 0. The average molecular weight is 740 g/mol. The summed E-state index contributed by atoms with van der Waals surface area (Å²) >= 11 is 0. The SMILES string of the molecule is Fc1c(F)c(F)c(-c2ccccc2B(c2ccccc2-c2c(F)c(F)c(F)c(F)c2F)c2ccccc2-c2c(F)c(F)c(F)c(F)c2F)c(F)c1F. The second kappa shape index (κ2) is 13.5. The Morgan fingerprint density at radius 3 is 0.615 bits per heavy atom. The second-order valence-corrected chi connectivity index (χ2v) is 11.0. The lowest BCUT2D eigenvalue weighted by molar-refractivity contribution is 0.381. The molecule has 6 aromatic carbocycles. The number of halogens is 15. The van der Waals surface area contributed by atoms with Gasteiger partial charge in [0.1, 0.15) is 0 Å². The van der Waals surface area contributed by atoms with Gasteiger partial charge >= 0.3 is 0 Å². The zero-order valence-electron chi connectivity index (χ0n) is 25.2. The largest absolute Gasteiger partial charge is 0.243 e. The van der Waals surface area contributed by atoms with Gasteiger partial charge in [-0.25, -0.2) is 65.9 Å². The predicted molar refractivity (Wildman–Crippen MR) is 160 cm³/mol. The topological polar surface area (TPSA) is 0 Å². The minimum Gasteiger partial charge on any atom is -0.203 e. The molecule has 0 radical (unpaired) electrons. The molecule has 0 aliphatic rings. The predicted octanol–water partition coefficient (Wildman–Crippen LogP) is 9.29. The Labute approximate surface area is 282 Å². The Balaban J connectivity index is 1.81. The fourth-order valence-electron chi connectivity index (χ4n) is 5.96. The summed E-state index contributed by atoms with van der Waals surface area (Å²) in [5.41, 5.74) is -9.13. The van der Waals surface area contributed by atoms with Crippen LogP contribution in [0.5, 0.6) is 0 Å². The van der Waals surface area contributed by atoms with Crippen molar-refractivity contribution in [2.75, 3.05) is 0 Å². The van der Waals surface area contributed by atoms with Crippen molar-refractivity contribution in [3.63, 3.8) is 0 Å². The highest BCUT2D eigenvalue weighted by molar-refractivity contribution is 6.97. The minimum atomic E-state index is -2.55. The fourth-order valence-corrected chi connectivity index (χ4v) is 5.96. The maximum atomic E-state index is 15.3. The monoisotopic (exact) mass is 740 g/mol. The highest BCUT2D eigenvalue weighted by atomic mass is 19.2. The van der Waals surface area contributed by atoms with Gasteiger partial charge < -0.3 is 0 Å². The summed E-state index contributed by atoms with van der Waals surface area (Å²) < 4.78 is 221. The number of hydrogen-bond donors (Lipinski definition) is 0. The Kier molecular flexibility index (Phi) is 9.36. The molecular weight excluding hydrogens is 728 g/mol. The van der Waals surface area contributed by atoms with E-state index in [0.717, 1.165) is 72.8 Å². The van der Waals surface area contributed by atoms with E-state index in [1.807, 2.05) is 0 Å². The van der Waals surface area contributed by atoms with Crippen LogP contribution in [0.15, 0.2) is 72.8 Å². The van der Waals surface area contributed by atoms with E-state index >= 15 is 26.3 Å². The third-order valence-electron chi connectivity index (χ3n) is 8.25. The summed E-state index contributed by atoms with van der Waals surface area (Å²) in [5, 5.41) is 0. The lowest BCUT2D eigenvalue weighted by Crippen LogP contribution is -2.54. The Bertz CT molecular complexity index is 2090. The van der Waals surface area contributed by atoms with Crippen molar-refractivity contribution in [3.05, 3.63) is 160 Å². The molecule has 6 rings (SSSR count). The molecule has 0 saturated carbocycles. The summed E-state index contributed by atoms with van der Waals surface area (Å²) in [6, 6.07) is 11.7. The first-order valence-electron chi connectivity index (χ1n) is 14.4. The molecule has 0 aromatic heterocycles. The molecule has 0 bridgehead atoms. The first-order chi connectivity index (χ1) is 24.6. The summed E-state index contributed by atoms with van der Waals surface area (Å²) in [4.78, 5) is 0. The molecule has 0 spiro atoms. The van der Waals surface area contributed by atoms with Gasteiger partial charge in [-0.15, -0.1) is 0 Å². The van der Waals surface area contributed by atoms with Crippen molar-refractivity contribution in [2.24, 2.45) is 0 Å². The van der Waals surface area contributed by atoms with E-state index < -0.39 is 144 Å². The van der Waals surface area contributed by atoms with Gasteiger partial charge in [0.05, 0.1) is 16.7 Å². The third-order valence-corrected chi connectivity index (χ3v) is 8.25. The molecule has 0 unspecified atom stereocenters. The van der Waals surface area contributed by atoms with Gasteiger partial charge in [0, 0.05) is 0 Å². The minimum absolute atomic E-state index is 0.599. The molecule has 0 atom stereocenters. The maximum Gasteiger partial charge on any atom is 0.243 e. The van der Waals surface area contributed by atoms with Crippen molar-refractivity contribution >= 4 is 23.1 Å². The Morgan fingerprint density at radius 1 is 0.231 bits per heavy atom. The van der Waals surface area contributed by atoms with Crippen molar-refractivity contribution < 1.29 is 65.9 Å². The molecular formula is C36H12BF15. The molecule has 16 heteroatoms. The van der Waals surface area contributed by atoms with Gasteiger partial charge in [0.2, 0.25) is 24.2 Å². The fraction of sp³-hybridized carbons (Fsp3) is 0. The Morgan fingerprint density at radius 2 is 0.404 bits per heavy atom. The van der Waals surface area contributed by atoms with Crippen LogP contribution >= 0.6 is 0 Å². The van der Waals surface area contributed by atoms with Crippen LogP contribution in [0.4, 0.5) is 65.9 Å². The highest BCUT2D eigenvalue weighted by Crippen LogP contribution is 2.35. The van der Waals surface area contributed by atoms with Crippen LogP contribution in [0.2, 0.25) is 0 Å². The Hall–Kier alpha value is -5.67. The van der Waals surface area contributed by atoms with Crippen molar-refractivity contribution in [1.82, 2.24) is 0 Å². The standard InChI is InChI=1S/C36H12BF15/c38-22-19(23(39)29(45)34(50)28(22)44)13-7-1-4-10-16(13)37(17-11-5-2-8-14(17)20-24(40)30(46)35(51)31(47)25(20)41)18-12-6-3-9-15(18)21-26(42)32(48)36(52)33(49)27(21)43/h1-12H. The highest BCUT2D eigenvalue weighted by Gasteiger charge is 2.37. The van der Waals surface area contributed by atoms with E-state index in [2.05, 4.69) is 0 Å². The molecule has 0 aliphatic carbocycles. The average Bonchev–Trinajstić information content (AvgIpc) is 3.15. The molecule has 0 saturated heterocycles. The summed E-state index contributed by atoms with van der Waals surface area (Å²) in [6.45, 7) is -2.04. The van der Waals surface area contributed by atoms with E-state index in [0.29, 0.717) is 0 Å². The lowest BCUT2D eigenvalue weighted by Gasteiger charge is -2.25. The lowest BCUT2D eigenvalue weighted by atomic mass is 9.34. The van der Waals surface area contributed by atoms with Crippen molar-refractivity contribution in [1.29, 1.82) is 0 Å². The smallest absolute Gasteiger partial charge is 0.203 e. The molecule has 0 nitrogen and oxygen atoms in total. The van der Waals surface area contributed by atoms with Crippen molar-refractivity contribution in [3.8, 4) is 33.4 Å². The summed E-state index contributed by atoms with van der Waals surface area (Å²) in [7, 11) is 0. The quantitative estimate of drug-likeness (QED) is 0.0692. The maximum absolute atomic E-state index is 15.3. The van der Waals surface area contributed by atoms with Crippen LogP contribution in [-0.4, -0.2) is 6.71 Å². The van der Waals surface area contributed by atoms with Crippen LogP contribution in [-0.2, 0) is 0 Å². The molecule has 52 heavy (non-hydrogen) atoms. The molecule has 0 N–H and O–H groups in total. The first kappa shape index (κ1) is 36.1. The molecule has 0 aliphatic heterocycles. The van der Waals surface area contributed by atoms with Gasteiger partial charge in [-0.2, -0.15) is 0 Å². The zero-order valence-corrected chi connectivity index (χ0v) is 25.2. The summed E-state index contributed by atoms with van der Waals surface area (Å²) in [5.74, 6) is -36.5. The van der Waals surface area contributed by atoms with E-state index in [1.54, 1.807) is 0 Å². The molecule has 6 aromatic rings. The van der Waals surface area contributed by atoms with Gasteiger partial charge in [0.25, 0.3) is 0 Å². The van der Waals surface area contributed by atoms with E-state index in [4.69, 9.17) is 0 Å². The number of benzene rings is 6. The second-order valence-electron chi connectivity index (χ2n) is 11.0. The van der Waals surface area contributed by atoms with Crippen LogP contribution in [0.3, 0.4) is 0 Å². The van der Waals surface area contributed by atoms with Gasteiger partial charge in [-0.1, -0.05) is 89.2 Å². The normalized spacial score (nSPS) is 11.4. The van der Waals surface area contributed by atoms with Gasteiger partial charge in [0.15, 0.2) is 69.8 Å². The van der Waals surface area contributed by atoms with E-state index in [9.17, 15) is 39.5 Å². The van der Waals surface area contributed by atoms with Crippen LogP contribution < -0.4 is 16.4 Å². The number of rotatable bonds is 6. The molecule has 0 amide bonds. The molecule has 0 heterocycles. The van der Waals surface area contributed by atoms with Crippen LogP contribution in [0.25, 0.3) is 33.4 Å². The number of hydrogen-bond acceptors (Lipinski definition) is 0. The third kappa shape index (κ3) is 5.47. The van der Waals surface area contributed by atoms with Gasteiger partial charge in [-0.05, 0) is 16.7 Å². The zero-order chi connectivity index (χ0) is 37.9. The van der Waals surface area contributed by atoms with Crippen LogP contribution in [0, 0.1) is 87.3 Å². The van der Waals surface area contributed by atoms with E-state index in [-0.39, 0.29) is 0 Å².